The number of nitrogens with zero attached hydrogens (tertiary/aromatic N) is 2. The maximum absolute atomic E-state index is 12.4. The van der Waals surface area contributed by atoms with E-state index in [4.69, 9.17) is 0 Å². The van der Waals surface area contributed by atoms with E-state index >= 15 is 0 Å². The molecule has 1 aromatic heterocycles. The molecule has 0 aliphatic carbocycles. The molecule has 1 heterocycles. The van der Waals surface area contributed by atoms with Crippen LogP contribution in [0.2, 0.25) is 0 Å². The highest BCUT2D eigenvalue weighted by Crippen LogP contribution is 2.31. The quantitative estimate of drug-likeness (QED) is 0.535. The number of alkyl halides is 3. The van der Waals surface area contributed by atoms with E-state index in [0.717, 1.165) is 16.6 Å². The van der Waals surface area contributed by atoms with Crippen molar-refractivity contribution >= 4 is 43.9 Å². The van der Waals surface area contributed by atoms with E-state index in [9.17, 15) is 18.3 Å². The van der Waals surface area contributed by atoms with Gasteiger partial charge in [0.15, 0.2) is 0 Å². The van der Waals surface area contributed by atoms with Gasteiger partial charge in [0.2, 0.25) is 0 Å². The zero-order chi connectivity index (χ0) is 16.3. The molecule has 9 heteroatoms. The van der Waals surface area contributed by atoms with Crippen LogP contribution in [0.3, 0.4) is 0 Å². The minimum atomic E-state index is -4.43. The van der Waals surface area contributed by atoms with Crippen molar-refractivity contribution in [1.82, 2.24) is 4.98 Å². The van der Waals surface area contributed by atoms with Gasteiger partial charge in [-0.3, -0.25) is 5.43 Å². The second-order valence-electron chi connectivity index (χ2n) is 4.13. The van der Waals surface area contributed by atoms with Gasteiger partial charge >= 0.3 is 6.18 Å². The number of phenolic OH excluding ortho intramolecular Hbond substituents is 1. The monoisotopic (exact) mass is 437 g/mol. The summed E-state index contributed by atoms with van der Waals surface area (Å²) in [6, 6.07) is 5.36. The Kier molecular flexibility index (Phi) is 5.07. The minimum Gasteiger partial charge on any atom is -0.506 e. The molecule has 22 heavy (non-hydrogen) atoms. The first-order valence-corrected chi connectivity index (χ1v) is 7.36. The summed E-state index contributed by atoms with van der Waals surface area (Å²) in [5.74, 6) is 0.145. The standard InChI is InChI=1S/C13H8Br2F3N3O/c14-9-3-7(12(22)10(15)4-9)5-20-21-11-2-1-8(6-19-11)13(16,17)18/h1-6,22H,(H,19,21)/b20-5-. The Hall–Kier alpha value is -1.61. The lowest BCUT2D eigenvalue weighted by Gasteiger charge is -2.06. The van der Waals surface area contributed by atoms with Crippen LogP contribution in [-0.2, 0) is 6.18 Å². The minimum absolute atomic E-state index is 0.00544. The maximum Gasteiger partial charge on any atom is 0.417 e. The number of hydrogen-bond acceptors (Lipinski definition) is 4. The molecule has 116 valence electrons. The van der Waals surface area contributed by atoms with Crippen molar-refractivity contribution < 1.29 is 18.3 Å². The molecular formula is C13H8Br2F3N3O. The summed E-state index contributed by atoms with van der Waals surface area (Å²) in [6.45, 7) is 0. The molecule has 0 unspecified atom stereocenters. The molecule has 0 amide bonds. The number of nitrogens with one attached hydrogen (secondary N) is 1. The van der Waals surface area contributed by atoms with E-state index in [-0.39, 0.29) is 11.6 Å². The van der Waals surface area contributed by atoms with Crippen LogP contribution in [-0.4, -0.2) is 16.3 Å². The second kappa shape index (κ2) is 6.66. The van der Waals surface area contributed by atoms with Crippen molar-refractivity contribution in [2.75, 3.05) is 5.43 Å². The fourth-order valence-corrected chi connectivity index (χ4v) is 2.74. The highest BCUT2D eigenvalue weighted by molar-refractivity contribution is 9.11. The number of pyridine rings is 1. The van der Waals surface area contributed by atoms with Crippen molar-refractivity contribution in [3.8, 4) is 5.75 Å². The zero-order valence-corrected chi connectivity index (χ0v) is 13.9. The van der Waals surface area contributed by atoms with Crippen LogP contribution < -0.4 is 5.43 Å². The molecular weight excluding hydrogens is 431 g/mol. The highest BCUT2D eigenvalue weighted by atomic mass is 79.9. The van der Waals surface area contributed by atoms with Gasteiger partial charge in [0.05, 0.1) is 16.3 Å². The van der Waals surface area contributed by atoms with Gasteiger partial charge in [-0.2, -0.15) is 18.3 Å². The first-order chi connectivity index (χ1) is 10.3. The molecule has 0 fully saturated rings. The van der Waals surface area contributed by atoms with E-state index in [1.54, 1.807) is 12.1 Å². The third kappa shape index (κ3) is 4.20. The molecule has 2 aromatic rings. The molecule has 0 spiro atoms. The molecule has 4 nitrogen and oxygen atoms in total. The Labute approximate surface area is 140 Å². The Morgan fingerprint density at radius 2 is 1.95 bits per heavy atom. The first-order valence-electron chi connectivity index (χ1n) is 5.77. The SMILES string of the molecule is Oc1c(Br)cc(Br)cc1/C=N\Nc1ccc(C(F)(F)F)cn1. The van der Waals surface area contributed by atoms with E-state index in [2.05, 4.69) is 47.4 Å². The van der Waals surface area contributed by atoms with E-state index < -0.39 is 11.7 Å². The van der Waals surface area contributed by atoms with Crippen molar-refractivity contribution in [3.05, 3.63) is 50.5 Å². The number of phenols is 1. The lowest BCUT2D eigenvalue weighted by Crippen LogP contribution is -2.05. The van der Waals surface area contributed by atoms with E-state index in [1.807, 2.05) is 0 Å². The Morgan fingerprint density at radius 3 is 2.55 bits per heavy atom. The number of hydrogen-bond donors (Lipinski definition) is 2. The van der Waals surface area contributed by atoms with Gasteiger partial charge in [-0.15, -0.1) is 0 Å². The predicted octanol–water partition coefficient (Wildman–Crippen LogP) is 4.78. The van der Waals surface area contributed by atoms with Gasteiger partial charge in [0, 0.05) is 16.2 Å². The summed E-state index contributed by atoms with van der Waals surface area (Å²) >= 11 is 6.45. The van der Waals surface area contributed by atoms with Crippen molar-refractivity contribution in [1.29, 1.82) is 0 Å². The van der Waals surface area contributed by atoms with Gasteiger partial charge in [-0.05, 0) is 40.2 Å². The van der Waals surface area contributed by atoms with Gasteiger partial charge in [-0.25, -0.2) is 4.98 Å². The van der Waals surface area contributed by atoms with Crippen LogP contribution in [0.15, 0.2) is 44.5 Å². The first kappa shape index (κ1) is 16.8. The lowest BCUT2D eigenvalue weighted by atomic mass is 10.2. The van der Waals surface area contributed by atoms with Crippen LogP contribution in [0.1, 0.15) is 11.1 Å². The van der Waals surface area contributed by atoms with Crippen LogP contribution in [0.5, 0.6) is 5.75 Å². The molecule has 0 saturated carbocycles. The topological polar surface area (TPSA) is 57.5 Å². The second-order valence-corrected chi connectivity index (χ2v) is 5.90. The van der Waals surface area contributed by atoms with Crippen molar-refractivity contribution in [2.24, 2.45) is 5.10 Å². The van der Waals surface area contributed by atoms with Crippen molar-refractivity contribution in [2.45, 2.75) is 6.18 Å². The largest absolute Gasteiger partial charge is 0.506 e. The van der Waals surface area contributed by atoms with Crippen LogP contribution >= 0.6 is 31.9 Å². The predicted molar refractivity (Wildman–Crippen MR) is 84.0 cm³/mol. The van der Waals surface area contributed by atoms with E-state index in [0.29, 0.717) is 16.2 Å². The van der Waals surface area contributed by atoms with Crippen LogP contribution in [0.25, 0.3) is 0 Å². The number of anilines is 1. The fourth-order valence-electron chi connectivity index (χ4n) is 1.48. The maximum atomic E-state index is 12.4. The lowest BCUT2D eigenvalue weighted by molar-refractivity contribution is -0.137. The molecule has 1 aromatic carbocycles. The molecule has 0 bridgehead atoms. The van der Waals surface area contributed by atoms with E-state index in [1.165, 1.54) is 6.21 Å². The molecule has 0 aliphatic heterocycles. The highest BCUT2D eigenvalue weighted by Gasteiger charge is 2.30. The number of benzene rings is 1. The Morgan fingerprint density at radius 1 is 1.23 bits per heavy atom. The summed E-state index contributed by atoms with van der Waals surface area (Å²) in [4.78, 5) is 3.61. The molecule has 0 saturated heterocycles. The number of hydrazone groups is 1. The molecule has 0 atom stereocenters. The molecule has 2 N–H and O–H groups in total. The van der Waals surface area contributed by atoms with Gasteiger partial charge in [0.1, 0.15) is 11.6 Å². The third-order valence-electron chi connectivity index (χ3n) is 2.53. The summed E-state index contributed by atoms with van der Waals surface area (Å²) < 4.78 is 38.4. The van der Waals surface area contributed by atoms with Crippen LogP contribution in [0, 0.1) is 0 Å². The summed E-state index contributed by atoms with van der Waals surface area (Å²) in [5, 5.41) is 13.6. The normalized spacial score (nSPS) is 11.9. The zero-order valence-electron chi connectivity index (χ0n) is 10.7. The summed E-state index contributed by atoms with van der Waals surface area (Å²) in [6.07, 6.45) is -2.39. The Bertz CT molecular complexity index is 703. The fraction of sp³-hybridized carbons (Fsp3) is 0.0769. The molecule has 0 radical (unpaired) electrons. The van der Waals surface area contributed by atoms with Gasteiger partial charge in [-0.1, -0.05) is 15.9 Å². The number of aromatic nitrogens is 1. The molecule has 2 rings (SSSR count). The number of halogens is 5. The smallest absolute Gasteiger partial charge is 0.417 e. The average Bonchev–Trinajstić information content (AvgIpc) is 2.43. The summed E-state index contributed by atoms with van der Waals surface area (Å²) in [7, 11) is 0. The Balaban J connectivity index is 2.10. The molecule has 0 aliphatic rings. The number of aromatic hydroxyl groups is 1. The summed E-state index contributed by atoms with van der Waals surface area (Å²) in [5.41, 5.74) is 2.07. The number of rotatable bonds is 3. The average molecular weight is 439 g/mol. The van der Waals surface area contributed by atoms with Crippen molar-refractivity contribution in [3.63, 3.8) is 0 Å². The van der Waals surface area contributed by atoms with Gasteiger partial charge in [0.25, 0.3) is 0 Å². The van der Waals surface area contributed by atoms with Gasteiger partial charge < -0.3 is 5.11 Å². The van der Waals surface area contributed by atoms with Crippen LogP contribution in [0.4, 0.5) is 19.0 Å². The third-order valence-corrected chi connectivity index (χ3v) is 3.59.